The van der Waals surface area contributed by atoms with Crippen LogP contribution in [-0.4, -0.2) is 4.57 Å². The molecule has 0 spiro atoms. The van der Waals surface area contributed by atoms with E-state index in [0.29, 0.717) is 0 Å². The van der Waals surface area contributed by atoms with Gasteiger partial charge in [-0.25, -0.2) is 0 Å². The topological polar surface area (TPSA) is 21.3 Å². The third-order valence-corrected chi connectivity index (χ3v) is 12.4. The van der Waals surface area contributed by atoms with Crippen LogP contribution in [0.5, 0.6) is 0 Å². The summed E-state index contributed by atoms with van der Waals surface area (Å²) in [6.45, 7) is 0. The third kappa shape index (κ3) is 6.13. The average molecular weight is 805 g/mol. The van der Waals surface area contributed by atoms with Crippen LogP contribution in [0.2, 0.25) is 0 Å². The van der Waals surface area contributed by atoms with E-state index in [0.717, 1.165) is 72.5 Å². The van der Waals surface area contributed by atoms with Crippen LogP contribution in [-0.2, 0) is 0 Å². The Bertz CT molecular complexity index is 3600. The fraction of sp³-hybridized carbons (Fsp3) is 0. The van der Waals surface area contributed by atoms with Gasteiger partial charge in [-0.2, -0.15) is 0 Å². The van der Waals surface area contributed by atoms with Crippen molar-refractivity contribution in [1.29, 1.82) is 0 Å². The van der Waals surface area contributed by atoms with Crippen LogP contribution in [0.15, 0.2) is 247 Å². The number of furan rings is 1. The number of nitrogens with zero attached hydrogens (tertiary/aromatic N) is 2. The second-order valence-electron chi connectivity index (χ2n) is 16.0. The molecule has 0 radical (unpaired) electrons. The zero-order valence-electron chi connectivity index (χ0n) is 34.4. The van der Waals surface area contributed by atoms with Crippen LogP contribution in [0.1, 0.15) is 0 Å². The quantitative estimate of drug-likeness (QED) is 0.153. The largest absolute Gasteiger partial charge is 0.455 e. The summed E-state index contributed by atoms with van der Waals surface area (Å²) >= 11 is 0. The van der Waals surface area contributed by atoms with Gasteiger partial charge in [0.1, 0.15) is 11.2 Å². The molecule has 2 heterocycles. The molecule has 0 N–H and O–H groups in total. The van der Waals surface area contributed by atoms with E-state index in [2.05, 4.69) is 246 Å². The second kappa shape index (κ2) is 15.3. The van der Waals surface area contributed by atoms with Gasteiger partial charge >= 0.3 is 0 Å². The fourth-order valence-corrected chi connectivity index (χ4v) is 9.66. The fourth-order valence-electron chi connectivity index (χ4n) is 9.66. The zero-order chi connectivity index (χ0) is 41.7. The van der Waals surface area contributed by atoms with Crippen molar-refractivity contribution in [2.75, 3.05) is 4.90 Å². The minimum Gasteiger partial charge on any atom is -0.455 e. The van der Waals surface area contributed by atoms with E-state index in [4.69, 9.17) is 4.42 Å². The summed E-state index contributed by atoms with van der Waals surface area (Å²) in [5.41, 5.74) is 17.4. The molecule has 3 heteroatoms. The molecular weight excluding hydrogens is 765 g/mol. The van der Waals surface area contributed by atoms with E-state index in [1.54, 1.807) is 0 Å². The van der Waals surface area contributed by atoms with Crippen molar-refractivity contribution >= 4 is 60.8 Å². The van der Waals surface area contributed by atoms with E-state index in [1.165, 1.54) is 38.5 Å². The lowest BCUT2D eigenvalue weighted by Gasteiger charge is -2.30. The summed E-state index contributed by atoms with van der Waals surface area (Å²) in [6, 6.07) is 87.1. The number of hydrogen-bond donors (Lipinski definition) is 0. The smallest absolute Gasteiger partial charge is 0.143 e. The first-order chi connectivity index (χ1) is 31.3. The maximum absolute atomic E-state index is 6.72. The van der Waals surface area contributed by atoms with Crippen molar-refractivity contribution in [2.24, 2.45) is 0 Å². The van der Waals surface area contributed by atoms with Gasteiger partial charge in [0.05, 0.1) is 28.1 Å². The van der Waals surface area contributed by atoms with E-state index in [9.17, 15) is 0 Å². The van der Waals surface area contributed by atoms with E-state index < -0.39 is 0 Å². The Morgan fingerprint density at radius 3 is 1.51 bits per heavy atom. The standard InChI is InChI=1S/C60H40N2O/c1-2-20-41(21-3-1)44-24-4-5-25-45(44)42-22-18-23-43(40-42)61(55-35-13-10-30-50(55)52-32-19-33-53-51-31-11-17-39-59(51)63-60(52)53)54-34-12-6-26-46(54)47-27-7-14-36-56(47)62-57-37-15-8-28-48(57)49-29-9-16-38-58(49)62/h1-40H. The average Bonchev–Trinajstić information content (AvgIpc) is 3.91. The van der Waals surface area contributed by atoms with Crippen LogP contribution in [0.3, 0.4) is 0 Å². The number of anilines is 3. The Morgan fingerprint density at radius 2 is 0.794 bits per heavy atom. The molecule has 2 aromatic heterocycles. The van der Waals surface area contributed by atoms with Gasteiger partial charge in [0, 0.05) is 49.5 Å². The number of hydrogen-bond acceptors (Lipinski definition) is 2. The predicted octanol–water partition coefficient (Wildman–Crippen LogP) is 16.8. The summed E-state index contributed by atoms with van der Waals surface area (Å²) in [5, 5.41) is 4.68. The Labute approximate surface area is 366 Å². The van der Waals surface area contributed by atoms with Crippen molar-refractivity contribution in [2.45, 2.75) is 0 Å². The Kier molecular flexibility index (Phi) is 8.83. The monoisotopic (exact) mass is 804 g/mol. The lowest BCUT2D eigenvalue weighted by Crippen LogP contribution is -2.13. The Balaban J connectivity index is 1.12. The molecule has 12 rings (SSSR count). The normalized spacial score (nSPS) is 11.5. The lowest BCUT2D eigenvalue weighted by atomic mass is 9.93. The van der Waals surface area contributed by atoms with Crippen molar-refractivity contribution in [3.63, 3.8) is 0 Å². The molecule has 0 amide bonds. The zero-order valence-corrected chi connectivity index (χ0v) is 34.4. The highest BCUT2D eigenvalue weighted by Crippen LogP contribution is 2.49. The molecule has 10 aromatic carbocycles. The van der Waals surface area contributed by atoms with Gasteiger partial charge in [0.2, 0.25) is 0 Å². The number of benzene rings is 10. The highest BCUT2D eigenvalue weighted by Gasteiger charge is 2.25. The first kappa shape index (κ1) is 36.5. The lowest BCUT2D eigenvalue weighted by molar-refractivity contribution is 0.670. The maximum atomic E-state index is 6.72. The molecule has 0 unspecified atom stereocenters. The van der Waals surface area contributed by atoms with Gasteiger partial charge in [0.15, 0.2) is 0 Å². The van der Waals surface area contributed by atoms with Gasteiger partial charge in [-0.1, -0.05) is 194 Å². The van der Waals surface area contributed by atoms with Crippen molar-refractivity contribution in [3.8, 4) is 50.2 Å². The number of rotatable bonds is 8. The highest BCUT2D eigenvalue weighted by molar-refractivity contribution is 6.12. The molecule has 12 aromatic rings. The number of aromatic nitrogens is 1. The van der Waals surface area contributed by atoms with Gasteiger partial charge in [-0.3, -0.25) is 0 Å². The molecule has 0 atom stereocenters. The van der Waals surface area contributed by atoms with Gasteiger partial charge in [-0.05, 0) is 70.8 Å². The van der Waals surface area contributed by atoms with Crippen LogP contribution in [0.25, 0.3) is 93.9 Å². The number of para-hydroxylation sites is 7. The van der Waals surface area contributed by atoms with Crippen LogP contribution >= 0.6 is 0 Å². The molecular formula is C60H40N2O. The van der Waals surface area contributed by atoms with Crippen molar-refractivity contribution in [1.82, 2.24) is 4.57 Å². The summed E-state index contributed by atoms with van der Waals surface area (Å²) in [4.78, 5) is 2.45. The van der Waals surface area contributed by atoms with Crippen LogP contribution in [0, 0.1) is 0 Å². The van der Waals surface area contributed by atoms with Gasteiger partial charge in [-0.15, -0.1) is 0 Å². The third-order valence-electron chi connectivity index (χ3n) is 12.4. The van der Waals surface area contributed by atoms with Crippen LogP contribution < -0.4 is 4.90 Å². The van der Waals surface area contributed by atoms with E-state index in [-0.39, 0.29) is 0 Å². The summed E-state index contributed by atoms with van der Waals surface area (Å²) in [7, 11) is 0. The minimum atomic E-state index is 0.877. The molecule has 0 saturated heterocycles. The molecule has 0 aliphatic heterocycles. The minimum absolute atomic E-state index is 0.877. The second-order valence-corrected chi connectivity index (χ2v) is 16.0. The molecule has 0 aliphatic rings. The molecule has 0 fully saturated rings. The summed E-state index contributed by atoms with van der Waals surface area (Å²) < 4.78 is 9.14. The molecule has 296 valence electrons. The summed E-state index contributed by atoms with van der Waals surface area (Å²) in [5.74, 6) is 0. The predicted molar refractivity (Wildman–Crippen MR) is 264 cm³/mol. The van der Waals surface area contributed by atoms with Gasteiger partial charge < -0.3 is 13.9 Å². The maximum Gasteiger partial charge on any atom is 0.143 e. The Hall–Kier alpha value is -8.40. The molecule has 3 nitrogen and oxygen atoms in total. The SMILES string of the molecule is c1ccc(-c2ccccc2-c2cccc(N(c3ccccc3-c3ccccc3-n3c4ccccc4c4ccccc43)c3ccccc3-c3cccc4c3oc3ccccc34)c2)cc1. The van der Waals surface area contributed by atoms with E-state index >= 15 is 0 Å². The highest BCUT2D eigenvalue weighted by atomic mass is 16.3. The first-order valence-electron chi connectivity index (χ1n) is 21.5. The van der Waals surface area contributed by atoms with Crippen LogP contribution in [0.4, 0.5) is 17.1 Å². The summed E-state index contributed by atoms with van der Waals surface area (Å²) in [6.07, 6.45) is 0. The molecule has 63 heavy (non-hydrogen) atoms. The van der Waals surface area contributed by atoms with Gasteiger partial charge in [0.25, 0.3) is 0 Å². The molecule has 0 aliphatic carbocycles. The molecule has 0 saturated carbocycles. The van der Waals surface area contributed by atoms with Crippen molar-refractivity contribution in [3.05, 3.63) is 243 Å². The Morgan fingerprint density at radius 1 is 0.317 bits per heavy atom. The molecule has 0 bridgehead atoms. The van der Waals surface area contributed by atoms with E-state index in [1.807, 2.05) is 6.07 Å². The van der Waals surface area contributed by atoms with Crippen molar-refractivity contribution < 1.29 is 4.42 Å². The number of fused-ring (bicyclic) bond motifs is 6. The first-order valence-corrected chi connectivity index (χ1v) is 21.5.